The van der Waals surface area contributed by atoms with Crippen LogP contribution in [-0.4, -0.2) is 11.8 Å². The maximum Gasteiger partial charge on any atom is 0.255 e. The number of amides is 2. The minimum absolute atomic E-state index is 0.195. The molecule has 41 heavy (non-hydrogen) atoms. The van der Waals surface area contributed by atoms with Crippen LogP contribution in [0.3, 0.4) is 0 Å². The number of thioether (sulfide) groups is 1. The van der Waals surface area contributed by atoms with Crippen molar-refractivity contribution in [3.05, 3.63) is 136 Å². The highest BCUT2D eigenvalue weighted by Crippen LogP contribution is 2.40. The molecule has 0 aliphatic rings. The van der Waals surface area contributed by atoms with Gasteiger partial charge in [-0.2, -0.15) is 5.26 Å². The zero-order valence-electron chi connectivity index (χ0n) is 22.5. The number of hydrogen-bond donors (Lipinski definition) is 2. The van der Waals surface area contributed by atoms with Crippen LogP contribution in [0.25, 0.3) is 11.1 Å². The van der Waals surface area contributed by atoms with Crippen molar-refractivity contribution in [2.24, 2.45) is 0 Å². The number of thiophene rings is 1. The lowest BCUT2D eigenvalue weighted by molar-refractivity contribution is -0.115. The van der Waals surface area contributed by atoms with E-state index in [9.17, 15) is 14.9 Å². The number of nitrogens with one attached hydrogen (secondary N) is 2. The fraction of sp³-hybridized carbons (Fsp3) is 0.0882. The molecule has 0 radical (unpaired) electrons. The second-order valence-electron chi connectivity index (χ2n) is 9.58. The molecule has 5 rings (SSSR count). The molecule has 1 heterocycles. The summed E-state index contributed by atoms with van der Waals surface area (Å²) in [6.45, 7) is 3.96. The number of carbonyl (C=O) groups is 2. The van der Waals surface area contributed by atoms with Gasteiger partial charge in [0.25, 0.3) is 5.91 Å². The second kappa shape index (κ2) is 12.7. The predicted octanol–water partition coefficient (Wildman–Crippen LogP) is 8.63. The van der Waals surface area contributed by atoms with E-state index in [4.69, 9.17) is 0 Å². The Bertz CT molecular complexity index is 1740. The van der Waals surface area contributed by atoms with E-state index in [1.165, 1.54) is 23.1 Å². The summed E-state index contributed by atoms with van der Waals surface area (Å²) in [6, 6.07) is 34.7. The molecule has 202 valence electrons. The predicted molar refractivity (Wildman–Crippen MR) is 168 cm³/mol. The monoisotopic (exact) mass is 573 g/mol. The van der Waals surface area contributed by atoms with E-state index in [1.54, 1.807) is 6.07 Å². The summed E-state index contributed by atoms with van der Waals surface area (Å²) in [6.07, 6.45) is 0. The lowest BCUT2D eigenvalue weighted by atomic mass is 10.0. The van der Waals surface area contributed by atoms with Crippen LogP contribution in [0.4, 0.5) is 10.7 Å². The van der Waals surface area contributed by atoms with Crippen molar-refractivity contribution in [1.82, 2.24) is 0 Å². The SMILES string of the molecule is Cc1ccc(-c2csc(NC(=O)C(Sc3cccc(NC(=O)c4cccc(C)c4)c3)c3ccccc3)c2C#N)cc1. The Balaban J connectivity index is 1.38. The molecule has 0 saturated heterocycles. The number of rotatable bonds is 8. The molecular formula is C34H27N3O2S2. The molecule has 1 aromatic heterocycles. The quantitative estimate of drug-likeness (QED) is 0.182. The van der Waals surface area contributed by atoms with Gasteiger partial charge in [0.1, 0.15) is 16.3 Å². The standard InChI is InChI=1S/C34H27N3O2S2/c1-22-14-16-24(17-15-22)30-21-40-34(29(30)20-35)37-33(39)31(25-9-4-3-5-10-25)41-28-13-7-12-27(19-28)36-32(38)26-11-6-8-23(2)18-26/h3-19,21,31H,1-2H3,(H,36,38)(H,37,39). The number of benzene rings is 4. The number of anilines is 2. The van der Waals surface area contributed by atoms with E-state index in [2.05, 4.69) is 16.7 Å². The van der Waals surface area contributed by atoms with Crippen molar-refractivity contribution in [3.8, 4) is 17.2 Å². The normalized spacial score (nSPS) is 11.3. The Hall–Kier alpha value is -4.64. The number of aryl methyl sites for hydroxylation is 2. The van der Waals surface area contributed by atoms with Gasteiger partial charge in [0.2, 0.25) is 5.91 Å². The number of hydrogen-bond acceptors (Lipinski definition) is 5. The molecule has 0 aliphatic heterocycles. The summed E-state index contributed by atoms with van der Waals surface area (Å²) >= 11 is 2.73. The van der Waals surface area contributed by atoms with Crippen molar-refractivity contribution in [3.63, 3.8) is 0 Å². The van der Waals surface area contributed by atoms with Gasteiger partial charge in [-0.1, -0.05) is 83.9 Å². The van der Waals surface area contributed by atoms with Crippen molar-refractivity contribution in [2.45, 2.75) is 24.0 Å². The number of carbonyl (C=O) groups excluding carboxylic acids is 2. The fourth-order valence-electron chi connectivity index (χ4n) is 4.36. The maximum atomic E-state index is 13.8. The summed E-state index contributed by atoms with van der Waals surface area (Å²) in [5.41, 5.74) is 6.38. The third-order valence-electron chi connectivity index (χ3n) is 6.47. The summed E-state index contributed by atoms with van der Waals surface area (Å²) < 4.78 is 0. The molecule has 5 nitrogen and oxygen atoms in total. The molecule has 7 heteroatoms. The number of nitrogens with zero attached hydrogens (tertiary/aromatic N) is 1. The van der Waals surface area contributed by atoms with Crippen molar-refractivity contribution < 1.29 is 9.59 Å². The first-order chi connectivity index (χ1) is 19.9. The van der Waals surface area contributed by atoms with E-state index in [-0.39, 0.29) is 11.8 Å². The highest BCUT2D eigenvalue weighted by atomic mass is 32.2. The highest BCUT2D eigenvalue weighted by molar-refractivity contribution is 8.00. The minimum atomic E-state index is -0.588. The third kappa shape index (κ3) is 6.75. The maximum absolute atomic E-state index is 13.8. The van der Waals surface area contributed by atoms with Crippen LogP contribution in [0.15, 0.2) is 113 Å². The topological polar surface area (TPSA) is 82.0 Å². The van der Waals surface area contributed by atoms with Crippen molar-refractivity contribution in [1.29, 1.82) is 5.26 Å². The molecule has 1 atom stereocenters. The van der Waals surface area contributed by atoms with Gasteiger partial charge in [-0.15, -0.1) is 23.1 Å². The Labute approximate surface area is 247 Å². The van der Waals surface area contributed by atoms with Gasteiger partial charge >= 0.3 is 0 Å². The minimum Gasteiger partial charge on any atom is -0.322 e. The first-order valence-electron chi connectivity index (χ1n) is 13.0. The van der Waals surface area contributed by atoms with Crippen molar-refractivity contribution in [2.75, 3.05) is 10.6 Å². The molecule has 0 fully saturated rings. The van der Waals surface area contributed by atoms with Crippen LogP contribution in [-0.2, 0) is 4.79 Å². The molecule has 1 unspecified atom stereocenters. The van der Waals surface area contributed by atoms with Crippen LogP contribution in [0.5, 0.6) is 0 Å². The average Bonchev–Trinajstić information content (AvgIpc) is 3.39. The first kappa shape index (κ1) is 27.9. The zero-order valence-corrected chi connectivity index (χ0v) is 24.2. The summed E-state index contributed by atoms with van der Waals surface area (Å²) in [7, 11) is 0. The van der Waals surface area contributed by atoms with Gasteiger partial charge in [-0.25, -0.2) is 0 Å². The van der Waals surface area contributed by atoms with E-state index in [0.29, 0.717) is 21.8 Å². The zero-order chi connectivity index (χ0) is 28.8. The largest absolute Gasteiger partial charge is 0.322 e. The smallest absolute Gasteiger partial charge is 0.255 e. The third-order valence-corrected chi connectivity index (χ3v) is 8.61. The second-order valence-corrected chi connectivity index (χ2v) is 11.6. The molecule has 0 spiro atoms. The average molecular weight is 574 g/mol. The van der Waals surface area contributed by atoms with Gasteiger partial charge in [-0.05, 0) is 55.3 Å². The summed E-state index contributed by atoms with van der Waals surface area (Å²) in [5.74, 6) is -0.427. The molecule has 2 N–H and O–H groups in total. The van der Waals surface area contributed by atoms with Crippen LogP contribution in [0.2, 0.25) is 0 Å². The van der Waals surface area contributed by atoms with Gasteiger partial charge in [0.15, 0.2) is 0 Å². The van der Waals surface area contributed by atoms with Crippen LogP contribution in [0, 0.1) is 25.2 Å². The molecule has 0 aliphatic carbocycles. The fourth-order valence-corrected chi connectivity index (χ4v) is 6.36. The van der Waals surface area contributed by atoms with E-state index in [0.717, 1.165) is 32.7 Å². The van der Waals surface area contributed by atoms with Crippen molar-refractivity contribution >= 4 is 45.6 Å². The Morgan fingerprint density at radius 3 is 2.32 bits per heavy atom. The lowest BCUT2D eigenvalue weighted by Gasteiger charge is -2.17. The number of nitriles is 1. The Morgan fingerprint density at radius 2 is 1.59 bits per heavy atom. The van der Waals surface area contributed by atoms with Gasteiger partial charge in [-0.3, -0.25) is 9.59 Å². The molecule has 4 aromatic carbocycles. The molecule has 0 saturated carbocycles. The van der Waals surface area contributed by atoms with E-state index in [1.807, 2.05) is 116 Å². The Morgan fingerprint density at radius 1 is 0.829 bits per heavy atom. The molecule has 0 bridgehead atoms. The van der Waals surface area contributed by atoms with Gasteiger partial charge in [0, 0.05) is 27.1 Å². The summed E-state index contributed by atoms with van der Waals surface area (Å²) in [4.78, 5) is 27.4. The molecule has 2 amide bonds. The Kier molecular flexibility index (Phi) is 8.64. The van der Waals surface area contributed by atoms with Crippen LogP contribution in [0.1, 0.15) is 37.9 Å². The van der Waals surface area contributed by atoms with Crippen LogP contribution < -0.4 is 10.6 Å². The van der Waals surface area contributed by atoms with Gasteiger partial charge < -0.3 is 10.6 Å². The van der Waals surface area contributed by atoms with Crippen LogP contribution >= 0.6 is 23.1 Å². The highest BCUT2D eigenvalue weighted by Gasteiger charge is 2.25. The lowest BCUT2D eigenvalue weighted by Crippen LogP contribution is -2.19. The first-order valence-corrected chi connectivity index (χ1v) is 14.8. The van der Waals surface area contributed by atoms with Gasteiger partial charge in [0.05, 0.1) is 5.56 Å². The van der Waals surface area contributed by atoms with E-state index >= 15 is 0 Å². The summed E-state index contributed by atoms with van der Waals surface area (Å²) in [5, 5.41) is 17.8. The van der Waals surface area contributed by atoms with E-state index < -0.39 is 5.25 Å². The molecular weight excluding hydrogens is 547 g/mol. The molecule has 5 aromatic rings.